The number of benzene rings is 1. The molecule has 10 heteroatoms. The van der Waals surface area contributed by atoms with Gasteiger partial charge in [0, 0.05) is 25.7 Å². The number of carbonyl (C=O) groups excluding carboxylic acids is 1. The molecule has 0 saturated heterocycles. The van der Waals surface area contributed by atoms with Crippen LogP contribution >= 0.6 is 0 Å². The molecule has 1 aliphatic heterocycles. The predicted molar refractivity (Wildman–Crippen MR) is 116 cm³/mol. The Kier molecular flexibility index (Phi) is 5.98. The number of fused-ring (bicyclic) bond motifs is 1. The van der Waals surface area contributed by atoms with Crippen LogP contribution in [0.5, 0.6) is 0 Å². The van der Waals surface area contributed by atoms with Gasteiger partial charge in [-0.05, 0) is 43.4 Å². The van der Waals surface area contributed by atoms with Crippen LogP contribution in [0.25, 0.3) is 0 Å². The van der Waals surface area contributed by atoms with E-state index >= 15 is 0 Å². The second-order valence-corrected chi connectivity index (χ2v) is 8.88. The third kappa shape index (κ3) is 4.23. The standard InChI is InChI=1S/C22H27F3N6O/c1-10(2)19-21(32)29-18-11(3)27-22(30-20(18)31(19)4)28-14-7-13(8-14)26-9-12-5-15(23)17(25)16(24)6-12/h5-6,10,13-14,19,26H,7-9H2,1-4H3,(H,29,32)(H,27,28,30)/t13-,14-,19-/m0/s1. The number of aryl methyl sites for hydroxylation is 1. The van der Waals surface area contributed by atoms with Gasteiger partial charge in [0.2, 0.25) is 11.9 Å². The van der Waals surface area contributed by atoms with Crippen molar-refractivity contribution in [1.82, 2.24) is 15.3 Å². The van der Waals surface area contributed by atoms with Crippen molar-refractivity contribution < 1.29 is 18.0 Å². The summed E-state index contributed by atoms with van der Waals surface area (Å²) in [5.41, 5.74) is 1.68. The molecule has 1 aliphatic carbocycles. The molecule has 0 unspecified atom stereocenters. The highest BCUT2D eigenvalue weighted by Crippen LogP contribution is 2.35. The Morgan fingerprint density at radius 1 is 1.16 bits per heavy atom. The Balaban J connectivity index is 1.36. The van der Waals surface area contributed by atoms with Crippen LogP contribution in [0, 0.1) is 30.3 Å². The van der Waals surface area contributed by atoms with Gasteiger partial charge in [0.25, 0.3) is 0 Å². The van der Waals surface area contributed by atoms with Crippen molar-refractivity contribution in [2.45, 2.75) is 58.3 Å². The van der Waals surface area contributed by atoms with Crippen molar-refractivity contribution in [1.29, 1.82) is 0 Å². The van der Waals surface area contributed by atoms with E-state index in [0.29, 0.717) is 28.7 Å². The van der Waals surface area contributed by atoms with Gasteiger partial charge in [-0.15, -0.1) is 0 Å². The second kappa shape index (κ2) is 8.57. The molecule has 4 rings (SSSR count). The molecule has 1 atom stereocenters. The number of nitrogens with zero attached hydrogens (tertiary/aromatic N) is 3. The summed E-state index contributed by atoms with van der Waals surface area (Å²) >= 11 is 0. The number of likely N-dealkylation sites (N-methyl/N-ethyl adjacent to an activating group) is 1. The van der Waals surface area contributed by atoms with Gasteiger partial charge in [0.05, 0.1) is 5.69 Å². The van der Waals surface area contributed by atoms with E-state index in [9.17, 15) is 18.0 Å². The van der Waals surface area contributed by atoms with E-state index in [1.807, 2.05) is 32.7 Å². The van der Waals surface area contributed by atoms with E-state index in [-0.39, 0.29) is 36.5 Å². The minimum atomic E-state index is -1.45. The van der Waals surface area contributed by atoms with Crippen LogP contribution in [-0.4, -0.2) is 41.0 Å². The first-order valence-corrected chi connectivity index (χ1v) is 10.7. The quantitative estimate of drug-likeness (QED) is 0.588. The Morgan fingerprint density at radius 3 is 2.44 bits per heavy atom. The van der Waals surface area contributed by atoms with E-state index in [1.54, 1.807) is 0 Å². The Bertz CT molecular complexity index is 1020. The van der Waals surface area contributed by atoms with E-state index in [2.05, 4.69) is 25.9 Å². The van der Waals surface area contributed by atoms with Gasteiger partial charge in [-0.2, -0.15) is 4.98 Å². The molecule has 3 N–H and O–H groups in total. The molecule has 7 nitrogen and oxygen atoms in total. The molecule has 1 aromatic carbocycles. The Labute approximate surface area is 184 Å². The topological polar surface area (TPSA) is 82.2 Å². The van der Waals surface area contributed by atoms with Gasteiger partial charge < -0.3 is 20.9 Å². The normalized spacial score (nSPS) is 22.4. The molecule has 1 amide bonds. The summed E-state index contributed by atoms with van der Waals surface area (Å²) in [7, 11) is 1.86. The van der Waals surface area contributed by atoms with Gasteiger partial charge in [0.1, 0.15) is 11.7 Å². The average molecular weight is 448 g/mol. The average Bonchev–Trinajstić information content (AvgIpc) is 2.68. The molecule has 1 aromatic heterocycles. The molecule has 2 aromatic rings. The molecular weight excluding hydrogens is 421 g/mol. The lowest BCUT2D eigenvalue weighted by atomic mass is 9.86. The number of rotatable bonds is 6. The van der Waals surface area contributed by atoms with E-state index in [4.69, 9.17) is 0 Å². The van der Waals surface area contributed by atoms with Crippen LogP contribution in [0.3, 0.4) is 0 Å². The summed E-state index contributed by atoms with van der Waals surface area (Å²) in [6, 6.07) is 2.01. The summed E-state index contributed by atoms with van der Waals surface area (Å²) < 4.78 is 39.8. The molecule has 1 saturated carbocycles. The molecular formula is C22H27F3N6O. The zero-order chi connectivity index (χ0) is 23.2. The molecule has 0 spiro atoms. The van der Waals surface area contributed by atoms with Crippen molar-refractivity contribution in [2.24, 2.45) is 5.92 Å². The van der Waals surface area contributed by atoms with E-state index < -0.39 is 17.5 Å². The molecule has 2 heterocycles. The zero-order valence-electron chi connectivity index (χ0n) is 18.5. The third-order valence-corrected chi connectivity index (χ3v) is 6.08. The number of amides is 1. The maximum absolute atomic E-state index is 13.3. The van der Waals surface area contributed by atoms with Crippen molar-refractivity contribution in [3.05, 3.63) is 40.8 Å². The fraction of sp³-hybridized carbons (Fsp3) is 0.500. The van der Waals surface area contributed by atoms with Gasteiger partial charge in [-0.1, -0.05) is 13.8 Å². The predicted octanol–water partition coefficient (Wildman–Crippen LogP) is 3.35. The maximum Gasteiger partial charge on any atom is 0.247 e. The summed E-state index contributed by atoms with van der Waals surface area (Å²) in [5.74, 6) is -2.57. The van der Waals surface area contributed by atoms with E-state index in [1.165, 1.54) is 0 Å². The highest BCUT2D eigenvalue weighted by atomic mass is 19.2. The van der Waals surface area contributed by atoms with Crippen LogP contribution in [0.1, 0.15) is 37.9 Å². The largest absolute Gasteiger partial charge is 0.351 e. The second-order valence-electron chi connectivity index (χ2n) is 8.88. The molecule has 172 valence electrons. The summed E-state index contributed by atoms with van der Waals surface area (Å²) in [4.78, 5) is 23.5. The van der Waals surface area contributed by atoms with Crippen molar-refractivity contribution in [2.75, 3.05) is 22.6 Å². The first-order valence-electron chi connectivity index (χ1n) is 10.7. The number of hydrogen-bond acceptors (Lipinski definition) is 6. The zero-order valence-corrected chi connectivity index (χ0v) is 18.5. The van der Waals surface area contributed by atoms with Crippen LogP contribution in [0.15, 0.2) is 12.1 Å². The van der Waals surface area contributed by atoms with Gasteiger partial charge in [-0.25, -0.2) is 18.2 Å². The monoisotopic (exact) mass is 448 g/mol. The first kappa shape index (κ1) is 22.3. The number of nitrogens with one attached hydrogen (secondary N) is 3. The lowest BCUT2D eigenvalue weighted by Gasteiger charge is -2.38. The highest BCUT2D eigenvalue weighted by Gasteiger charge is 2.36. The summed E-state index contributed by atoms with van der Waals surface area (Å²) in [5, 5.41) is 9.48. The fourth-order valence-electron chi connectivity index (χ4n) is 4.34. The summed E-state index contributed by atoms with van der Waals surface area (Å²) in [6.45, 7) is 6.08. The SMILES string of the molecule is Cc1nc(N[C@H]2C[C@H](NCc3cc(F)c(F)c(F)c3)C2)nc2c1NC(=O)[C@H](C(C)C)N2C. The van der Waals surface area contributed by atoms with E-state index in [0.717, 1.165) is 25.0 Å². The van der Waals surface area contributed by atoms with Gasteiger partial charge in [0.15, 0.2) is 23.3 Å². The molecule has 0 bridgehead atoms. The lowest BCUT2D eigenvalue weighted by Crippen LogP contribution is -2.50. The highest BCUT2D eigenvalue weighted by molar-refractivity contribution is 6.03. The number of hydrogen-bond donors (Lipinski definition) is 3. The minimum absolute atomic E-state index is 0.0590. The van der Waals surface area contributed by atoms with Crippen LogP contribution < -0.4 is 20.9 Å². The number of anilines is 3. The van der Waals surface area contributed by atoms with Gasteiger partial charge >= 0.3 is 0 Å². The molecule has 32 heavy (non-hydrogen) atoms. The number of aromatic nitrogens is 2. The number of carbonyl (C=O) groups is 1. The third-order valence-electron chi connectivity index (χ3n) is 6.08. The molecule has 1 fully saturated rings. The van der Waals surface area contributed by atoms with Crippen molar-refractivity contribution >= 4 is 23.4 Å². The Morgan fingerprint density at radius 2 is 1.81 bits per heavy atom. The molecule has 2 aliphatic rings. The van der Waals surface area contributed by atoms with Crippen molar-refractivity contribution in [3.8, 4) is 0 Å². The van der Waals surface area contributed by atoms with Gasteiger partial charge in [-0.3, -0.25) is 4.79 Å². The van der Waals surface area contributed by atoms with Crippen LogP contribution in [-0.2, 0) is 11.3 Å². The summed E-state index contributed by atoms with van der Waals surface area (Å²) in [6.07, 6.45) is 1.57. The fourth-order valence-corrected chi connectivity index (χ4v) is 4.34. The van der Waals surface area contributed by atoms with Crippen LogP contribution in [0.2, 0.25) is 0 Å². The first-order chi connectivity index (χ1) is 15.1. The smallest absolute Gasteiger partial charge is 0.247 e. The number of halogens is 3. The Hall–Kier alpha value is -2.88. The molecule has 0 radical (unpaired) electrons. The van der Waals surface area contributed by atoms with Crippen LogP contribution in [0.4, 0.5) is 30.6 Å². The lowest BCUT2D eigenvalue weighted by molar-refractivity contribution is -0.118. The minimum Gasteiger partial charge on any atom is -0.351 e. The maximum atomic E-state index is 13.3. The van der Waals surface area contributed by atoms with Crippen molar-refractivity contribution in [3.63, 3.8) is 0 Å².